The Morgan fingerprint density at radius 1 is 1.16 bits per heavy atom. The van der Waals surface area contributed by atoms with E-state index in [1.807, 2.05) is 0 Å². The van der Waals surface area contributed by atoms with Crippen LogP contribution in [0.1, 0.15) is 84.5 Å². The van der Waals surface area contributed by atoms with Crippen LogP contribution in [0.3, 0.4) is 0 Å². The normalized spacial score (nSPS) is 19.3. The van der Waals surface area contributed by atoms with E-state index in [1.165, 1.54) is 44.2 Å². The van der Waals surface area contributed by atoms with Crippen LogP contribution in [0.25, 0.3) is 0 Å². The predicted molar refractivity (Wildman–Crippen MR) is 81.2 cm³/mol. The van der Waals surface area contributed by atoms with Gasteiger partial charge < -0.3 is 0 Å². The molecule has 0 aromatic carbocycles. The van der Waals surface area contributed by atoms with Crippen LogP contribution >= 0.6 is 0 Å². The summed E-state index contributed by atoms with van der Waals surface area (Å²) in [5.74, 6) is 0.966. The van der Waals surface area contributed by atoms with E-state index in [9.17, 15) is 4.79 Å². The first-order chi connectivity index (χ1) is 9.26. The van der Waals surface area contributed by atoms with Gasteiger partial charge in [0.15, 0.2) is 0 Å². The molecule has 1 fully saturated rings. The van der Waals surface area contributed by atoms with E-state index in [2.05, 4.69) is 24.4 Å². The first kappa shape index (κ1) is 16.2. The highest BCUT2D eigenvalue weighted by atomic mass is 16.2. The van der Waals surface area contributed by atoms with Crippen LogP contribution < -0.4 is 5.43 Å². The first-order valence-corrected chi connectivity index (χ1v) is 8.10. The summed E-state index contributed by atoms with van der Waals surface area (Å²) in [7, 11) is 0. The van der Waals surface area contributed by atoms with Crippen LogP contribution in [0.2, 0.25) is 0 Å². The molecule has 1 aliphatic rings. The SMILES string of the molecule is CCCCCCC(=O)NN=C1CCC(CCC)CC1. The van der Waals surface area contributed by atoms with E-state index < -0.39 is 0 Å². The Labute approximate surface area is 118 Å². The number of rotatable bonds is 8. The molecule has 0 aliphatic heterocycles. The van der Waals surface area contributed by atoms with Gasteiger partial charge in [-0.2, -0.15) is 5.10 Å². The largest absolute Gasteiger partial charge is 0.273 e. The Hall–Kier alpha value is -0.860. The lowest BCUT2D eigenvalue weighted by molar-refractivity contribution is -0.121. The topological polar surface area (TPSA) is 41.5 Å². The minimum atomic E-state index is 0.0827. The standard InChI is InChI=1S/C16H30N2O/c1-3-5-6-7-9-16(19)18-17-15-12-10-14(8-4-2)11-13-15/h14H,3-13H2,1-2H3,(H,18,19). The van der Waals surface area contributed by atoms with Gasteiger partial charge in [0.1, 0.15) is 0 Å². The third kappa shape index (κ3) is 7.34. The molecule has 0 aromatic heterocycles. The van der Waals surface area contributed by atoms with E-state index in [0.29, 0.717) is 6.42 Å². The minimum Gasteiger partial charge on any atom is -0.273 e. The molecular weight excluding hydrogens is 236 g/mol. The zero-order chi connectivity index (χ0) is 13.9. The minimum absolute atomic E-state index is 0.0827. The van der Waals surface area contributed by atoms with Gasteiger partial charge in [-0.05, 0) is 38.0 Å². The summed E-state index contributed by atoms with van der Waals surface area (Å²) in [6, 6.07) is 0. The molecule has 3 heteroatoms. The summed E-state index contributed by atoms with van der Waals surface area (Å²) in [4.78, 5) is 11.6. The average Bonchev–Trinajstić information content (AvgIpc) is 2.43. The van der Waals surface area contributed by atoms with Gasteiger partial charge in [-0.25, -0.2) is 5.43 Å². The number of hydrogen-bond donors (Lipinski definition) is 1. The predicted octanol–water partition coefficient (Wildman–Crippen LogP) is 4.42. The first-order valence-electron chi connectivity index (χ1n) is 8.10. The summed E-state index contributed by atoms with van der Waals surface area (Å²) in [6.45, 7) is 4.43. The van der Waals surface area contributed by atoms with Crippen molar-refractivity contribution in [3.63, 3.8) is 0 Å². The molecule has 0 radical (unpaired) electrons. The zero-order valence-corrected chi connectivity index (χ0v) is 12.7. The number of nitrogens with zero attached hydrogens (tertiary/aromatic N) is 1. The van der Waals surface area contributed by atoms with Crippen LogP contribution in [0.15, 0.2) is 5.10 Å². The second-order valence-electron chi connectivity index (χ2n) is 5.76. The fourth-order valence-electron chi connectivity index (χ4n) is 2.73. The molecule has 1 aliphatic carbocycles. The molecule has 0 atom stereocenters. The maximum Gasteiger partial charge on any atom is 0.240 e. The molecule has 0 heterocycles. The van der Waals surface area contributed by atoms with E-state index >= 15 is 0 Å². The van der Waals surface area contributed by atoms with Gasteiger partial charge in [-0.3, -0.25) is 4.79 Å². The lowest BCUT2D eigenvalue weighted by Crippen LogP contribution is -2.22. The molecule has 1 N–H and O–H groups in total. The van der Waals surface area contributed by atoms with Gasteiger partial charge in [0.05, 0.1) is 0 Å². The molecule has 110 valence electrons. The van der Waals surface area contributed by atoms with Gasteiger partial charge >= 0.3 is 0 Å². The highest BCUT2D eigenvalue weighted by Crippen LogP contribution is 2.25. The zero-order valence-electron chi connectivity index (χ0n) is 12.7. The van der Waals surface area contributed by atoms with Crippen LogP contribution in [-0.2, 0) is 4.79 Å². The number of nitrogens with one attached hydrogen (secondary N) is 1. The number of carbonyl (C=O) groups is 1. The molecule has 0 spiro atoms. The van der Waals surface area contributed by atoms with Gasteiger partial charge in [-0.1, -0.05) is 46.0 Å². The second-order valence-corrected chi connectivity index (χ2v) is 5.76. The van der Waals surface area contributed by atoms with E-state index in [-0.39, 0.29) is 5.91 Å². The van der Waals surface area contributed by atoms with Gasteiger partial charge in [-0.15, -0.1) is 0 Å². The Balaban J connectivity index is 2.13. The Bertz CT molecular complexity index is 276. The summed E-state index contributed by atoms with van der Waals surface area (Å²) in [6.07, 6.45) is 12.5. The van der Waals surface area contributed by atoms with Crippen molar-refractivity contribution in [1.82, 2.24) is 5.43 Å². The summed E-state index contributed by atoms with van der Waals surface area (Å²) >= 11 is 0. The lowest BCUT2D eigenvalue weighted by Gasteiger charge is -2.22. The van der Waals surface area contributed by atoms with Crippen molar-refractivity contribution < 1.29 is 4.79 Å². The van der Waals surface area contributed by atoms with E-state index in [4.69, 9.17) is 0 Å². The van der Waals surface area contributed by atoms with Crippen molar-refractivity contribution in [1.29, 1.82) is 0 Å². The molecule has 1 saturated carbocycles. The molecule has 1 rings (SSSR count). The van der Waals surface area contributed by atoms with E-state index in [0.717, 1.165) is 31.6 Å². The van der Waals surface area contributed by atoms with Crippen molar-refractivity contribution in [2.75, 3.05) is 0 Å². The molecule has 1 amide bonds. The monoisotopic (exact) mass is 266 g/mol. The number of hydrazone groups is 1. The molecule has 19 heavy (non-hydrogen) atoms. The molecule has 0 saturated heterocycles. The third-order valence-electron chi connectivity index (χ3n) is 3.98. The number of unbranched alkanes of at least 4 members (excludes halogenated alkanes) is 3. The molecular formula is C16H30N2O. The van der Waals surface area contributed by atoms with Crippen LogP contribution in [0, 0.1) is 5.92 Å². The van der Waals surface area contributed by atoms with Crippen LogP contribution in [0.5, 0.6) is 0 Å². The summed E-state index contributed by atoms with van der Waals surface area (Å²) in [5, 5.41) is 4.29. The van der Waals surface area contributed by atoms with Crippen molar-refractivity contribution in [3.05, 3.63) is 0 Å². The van der Waals surface area contributed by atoms with Gasteiger partial charge in [0, 0.05) is 12.1 Å². The number of amides is 1. The van der Waals surface area contributed by atoms with Crippen molar-refractivity contribution >= 4 is 11.6 Å². The second kappa shape index (κ2) is 9.99. The van der Waals surface area contributed by atoms with Crippen LogP contribution in [0.4, 0.5) is 0 Å². The van der Waals surface area contributed by atoms with Crippen LogP contribution in [-0.4, -0.2) is 11.6 Å². The summed E-state index contributed by atoms with van der Waals surface area (Å²) in [5.41, 5.74) is 3.91. The van der Waals surface area contributed by atoms with E-state index in [1.54, 1.807) is 0 Å². The Morgan fingerprint density at radius 2 is 1.89 bits per heavy atom. The molecule has 3 nitrogen and oxygen atoms in total. The Morgan fingerprint density at radius 3 is 2.53 bits per heavy atom. The molecule has 0 bridgehead atoms. The fourth-order valence-corrected chi connectivity index (χ4v) is 2.73. The van der Waals surface area contributed by atoms with Crippen molar-refractivity contribution in [3.8, 4) is 0 Å². The fraction of sp³-hybridized carbons (Fsp3) is 0.875. The average molecular weight is 266 g/mol. The lowest BCUT2D eigenvalue weighted by atomic mass is 9.85. The van der Waals surface area contributed by atoms with Gasteiger partial charge in [0.2, 0.25) is 5.91 Å². The maximum absolute atomic E-state index is 11.6. The van der Waals surface area contributed by atoms with Gasteiger partial charge in [0.25, 0.3) is 0 Å². The van der Waals surface area contributed by atoms with Crippen molar-refractivity contribution in [2.45, 2.75) is 84.5 Å². The third-order valence-corrected chi connectivity index (χ3v) is 3.98. The highest BCUT2D eigenvalue weighted by Gasteiger charge is 2.16. The number of carbonyl (C=O) groups excluding carboxylic acids is 1. The molecule has 0 aromatic rings. The Kier molecular flexibility index (Phi) is 8.52. The smallest absolute Gasteiger partial charge is 0.240 e. The molecule has 0 unspecified atom stereocenters. The quantitative estimate of drug-likeness (QED) is 0.513. The number of hydrogen-bond acceptors (Lipinski definition) is 2. The maximum atomic E-state index is 11.6. The highest BCUT2D eigenvalue weighted by molar-refractivity contribution is 5.86. The van der Waals surface area contributed by atoms with Crippen molar-refractivity contribution in [2.24, 2.45) is 11.0 Å². The summed E-state index contributed by atoms with van der Waals surface area (Å²) < 4.78 is 0.